The third-order valence-electron chi connectivity index (χ3n) is 3.48. The molecule has 2 rings (SSSR count). The first-order valence-electron chi connectivity index (χ1n) is 6.06. The van der Waals surface area contributed by atoms with Crippen LogP contribution in [0.25, 0.3) is 0 Å². The SMILES string of the molecule is CC1SCCN(c2ccc(N)cc2C(F)F)C1C. The number of nitrogens with zero attached hydrogens (tertiary/aromatic N) is 1. The molecule has 1 aliphatic rings. The van der Waals surface area contributed by atoms with Crippen LogP contribution < -0.4 is 10.6 Å². The fourth-order valence-electron chi connectivity index (χ4n) is 2.28. The Morgan fingerprint density at radius 3 is 2.78 bits per heavy atom. The molecule has 1 fully saturated rings. The Hall–Kier alpha value is -0.970. The molecule has 100 valence electrons. The van der Waals surface area contributed by atoms with Gasteiger partial charge in [0, 0.05) is 40.5 Å². The lowest BCUT2D eigenvalue weighted by molar-refractivity contribution is 0.151. The van der Waals surface area contributed by atoms with Gasteiger partial charge in [0.15, 0.2) is 0 Å². The van der Waals surface area contributed by atoms with E-state index in [-0.39, 0.29) is 11.6 Å². The molecular formula is C13H18F2N2S. The number of thioether (sulfide) groups is 1. The summed E-state index contributed by atoms with van der Waals surface area (Å²) in [4.78, 5) is 2.07. The number of anilines is 2. The number of nitrogens with two attached hydrogens (primary N) is 1. The molecule has 18 heavy (non-hydrogen) atoms. The van der Waals surface area contributed by atoms with E-state index >= 15 is 0 Å². The Balaban J connectivity index is 2.37. The lowest BCUT2D eigenvalue weighted by Gasteiger charge is -2.40. The second-order valence-electron chi connectivity index (χ2n) is 4.63. The molecule has 1 saturated heterocycles. The van der Waals surface area contributed by atoms with Crippen LogP contribution in [0.3, 0.4) is 0 Å². The molecule has 2 atom stereocenters. The average Bonchev–Trinajstić information content (AvgIpc) is 2.33. The lowest BCUT2D eigenvalue weighted by Crippen LogP contribution is -2.45. The molecule has 0 aliphatic carbocycles. The zero-order chi connectivity index (χ0) is 13.3. The van der Waals surface area contributed by atoms with Crippen LogP contribution in [0, 0.1) is 0 Å². The van der Waals surface area contributed by atoms with Crippen molar-refractivity contribution in [1.29, 1.82) is 0 Å². The summed E-state index contributed by atoms with van der Waals surface area (Å²) in [6.45, 7) is 5.03. The largest absolute Gasteiger partial charge is 0.399 e. The van der Waals surface area contributed by atoms with Gasteiger partial charge in [-0.25, -0.2) is 8.78 Å². The van der Waals surface area contributed by atoms with Crippen molar-refractivity contribution in [2.45, 2.75) is 31.6 Å². The van der Waals surface area contributed by atoms with Gasteiger partial charge in [0.05, 0.1) is 0 Å². The smallest absolute Gasteiger partial charge is 0.265 e. The van der Waals surface area contributed by atoms with E-state index < -0.39 is 6.43 Å². The first kappa shape index (κ1) is 13.5. The van der Waals surface area contributed by atoms with Gasteiger partial charge in [-0.1, -0.05) is 6.92 Å². The summed E-state index contributed by atoms with van der Waals surface area (Å²) in [5.74, 6) is 0.971. The molecule has 0 amide bonds. The molecule has 1 aromatic rings. The molecule has 1 heterocycles. The van der Waals surface area contributed by atoms with Gasteiger partial charge >= 0.3 is 0 Å². The highest BCUT2D eigenvalue weighted by Crippen LogP contribution is 2.36. The molecule has 2 nitrogen and oxygen atoms in total. The van der Waals surface area contributed by atoms with Crippen molar-refractivity contribution >= 4 is 23.1 Å². The molecule has 2 N–H and O–H groups in total. The summed E-state index contributed by atoms with van der Waals surface area (Å²) >= 11 is 1.89. The van der Waals surface area contributed by atoms with Crippen LogP contribution in [0.4, 0.5) is 20.2 Å². The Kier molecular flexibility index (Phi) is 4.00. The minimum absolute atomic E-state index is 0.0425. The quantitative estimate of drug-likeness (QED) is 0.835. The summed E-state index contributed by atoms with van der Waals surface area (Å²) < 4.78 is 26.2. The Morgan fingerprint density at radius 2 is 2.11 bits per heavy atom. The Morgan fingerprint density at radius 1 is 1.39 bits per heavy atom. The van der Waals surface area contributed by atoms with Crippen molar-refractivity contribution in [3.05, 3.63) is 23.8 Å². The van der Waals surface area contributed by atoms with E-state index in [2.05, 4.69) is 18.7 Å². The molecule has 1 aliphatic heterocycles. The van der Waals surface area contributed by atoms with E-state index in [1.54, 1.807) is 12.1 Å². The van der Waals surface area contributed by atoms with E-state index in [0.29, 0.717) is 16.6 Å². The molecule has 5 heteroatoms. The van der Waals surface area contributed by atoms with Crippen LogP contribution in [-0.4, -0.2) is 23.6 Å². The second kappa shape index (κ2) is 5.34. The molecule has 0 saturated carbocycles. The minimum Gasteiger partial charge on any atom is -0.399 e. The summed E-state index contributed by atoms with van der Waals surface area (Å²) in [6, 6.07) is 5.06. The topological polar surface area (TPSA) is 29.3 Å². The number of rotatable bonds is 2. The summed E-state index contributed by atoms with van der Waals surface area (Å²) in [7, 11) is 0. The van der Waals surface area contributed by atoms with Crippen LogP contribution in [0.15, 0.2) is 18.2 Å². The third kappa shape index (κ3) is 2.55. The summed E-state index contributed by atoms with van der Waals surface area (Å²) in [5.41, 5.74) is 6.66. The van der Waals surface area contributed by atoms with Crippen molar-refractivity contribution < 1.29 is 8.78 Å². The molecule has 0 bridgehead atoms. The fourth-order valence-corrected chi connectivity index (χ4v) is 3.38. The van der Waals surface area contributed by atoms with Gasteiger partial charge in [-0.3, -0.25) is 0 Å². The van der Waals surface area contributed by atoms with E-state index in [1.807, 2.05) is 11.8 Å². The van der Waals surface area contributed by atoms with Gasteiger partial charge in [0.25, 0.3) is 6.43 Å². The van der Waals surface area contributed by atoms with Crippen LogP contribution in [0.5, 0.6) is 0 Å². The second-order valence-corrected chi connectivity index (χ2v) is 6.11. The monoisotopic (exact) mass is 272 g/mol. The van der Waals surface area contributed by atoms with Gasteiger partial charge in [0.1, 0.15) is 0 Å². The maximum Gasteiger partial charge on any atom is 0.265 e. The molecule has 0 spiro atoms. The first-order chi connectivity index (χ1) is 8.50. The highest BCUT2D eigenvalue weighted by molar-refractivity contribution is 8.00. The molecular weight excluding hydrogens is 254 g/mol. The number of alkyl halides is 2. The average molecular weight is 272 g/mol. The lowest BCUT2D eigenvalue weighted by atomic mass is 10.1. The number of hydrogen-bond donors (Lipinski definition) is 1. The van der Waals surface area contributed by atoms with E-state index in [0.717, 1.165) is 12.3 Å². The van der Waals surface area contributed by atoms with Gasteiger partial charge in [-0.2, -0.15) is 11.8 Å². The summed E-state index contributed by atoms with van der Waals surface area (Å²) in [6.07, 6.45) is -2.49. The number of halogens is 2. The normalized spacial score (nSPS) is 24.6. The predicted octanol–water partition coefficient (Wildman–Crippen LogP) is 3.54. The van der Waals surface area contributed by atoms with Crippen LogP contribution >= 0.6 is 11.8 Å². The zero-order valence-electron chi connectivity index (χ0n) is 10.6. The highest BCUT2D eigenvalue weighted by atomic mass is 32.2. The Labute approximate surface area is 111 Å². The number of benzene rings is 1. The minimum atomic E-state index is -2.49. The van der Waals surface area contributed by atoms with Crippen molar-refractivity contribution in [2.75, 3.05) is 22.9 Å². The summed E-state index contributed by atoms with van der Waals surface area (Å²) in [5, 5.41) is 0.446. The molecule has 0 aromatic heterocycles. The molecule has 0 radical (unpaired) electrons. The standard InChI is InChI=1S/C13H18F2N2S/c1-8-9(2)18-6-5-17(8)12-4-3-10(16)7-11(12)13(14)15/h3-4,7-9,13H,5-6,16H2,1-2H3. The van der Waals surface area contributed by atoms with Gasteiger partial charge in [0.2, 0.25) is 0 Å². The van der Waals surface area contributed by atoms with Gasteiger partial charge < -0.3 is 10.6 Å². The van der Waals surface area contributed by atoms with Crippen molar-refractivity contribution in [3.8, 4) is 0 Å². The van der Waals surface area contributed by atoms with Crippen molar-refractivity contribution in [1.82, 2.24) is 0 Å². The number of hydrogen-bond acceptors (Lipinski definition) is 3. The van der Waals surface area contributed by atoms with Gasteiger partial charge in [-0.05, 0) is 25.1 Å². The van der Waals surface area contributed by atoms with Crippen molar-refractivity contribution in [2.24, 2.45) is 0 Å². The fraction of sp³-hybridized carbons (Fsp3) is 0.538. The third-order valence-corrected chi connectivity index (χ3v) is 4.82. The van der Waals surface area contributed by atoms with Crippen LogP contribution in [0.1, 0.15) is 25.8 Å². The van der Waals surface area contributed by atoms with E-state index in [9.17, 15) is 8.78 Å². The maximum absolute atomic E-state index is 13.1. The molecule has 2 unspecified atom stereocenters. The molecule has 1 aromatic carbocycles. The zero-order valence-corrected chi connectivity index (χ0v) is 11.4. The predicted molar refractivity (Wildman–Crippen MR) is 74.5 cm³/mol. The highest BCUT2D eigenvalue weighted by Gasteiger charge is 2.28. The van der Waals surface area contributed by atoms with Crippen LogP contribution in [0.2, 0.25) is 0 Å². The maximum atomic E-state index is 13.1. The van der Waals surface area contributed by atoms with Gasteiger partial charge in [-0.15, -0.1) is 0 Å². The van der Waals surface area contributed by atoms with E-state index in [4.69, 9.17) is 5.73 Å². The number of nitrogen functional groups attached to an aromatic ring is 1. The first-order valence-corrected chi connectivity index (χ1v) is 7.11. The van der Waals surface area contributed by atoms with Crippen molar-refractivity contribution in [3.63, 3.8) is 0 Å². The van der Waals surface area contributed by atoms with Crippen LogP contribution in [-0.2, 0) is 0 Å². The Bertz CT molecular complexity index is 425. The van der Waals surface area contributed by atoms with E-state index in [1.165, 1.54) is 6.07 Å².